The summed E-state index contributed by atoms with van der Waals surface area (Å²) in [5.41, 5.74) is 0. The number of benzene rings is 1. The standard InChI is InChI=1S/C9H10O2.C2H6.3HI.V/c1-2-4-8(5-3-1)10-6-9-7-11-9;1-2;;;;/h1-5,9H,6-7H2;1-2H3;3*1H;/q;;;;;+3/p-3. The summed E-state index contributed by atoms with van der Waals surface area (Å²) in [4.78, 5) is -0.278. The second-order valence-corrected chi connectivity index (χ2v) is 38.1. The van der Waals surface area contributed by atoms with Gasteiger partial charge in [-0.05, 0) is 12.1 Å². The SMILES string of the molecule is CC.[I][V]([I])[I].c1ccc(OCC2CO2)cc1. The van der Waals surface area contributed by atoms with Gasteiger partial charge in [0, 0.05) is 0 Å². The fourth-order valence-electron chi connectivity index (χ4n) is 0.870. The van der Waals surface area contributed by atoms with E-state index in [9.17, 15) is 0 Å². The molecule has 0 bridgehead atoms. The van der Waals surface area contributed by atoms with Crippen LogP contribution in [0.25, 0.3) is 0 Å². The average molecular weight is 612 g/mol. The molecular weight excluding hydrogens is 596 g/mol. The van der Waals surface area contributed by atoms with Gasteiger partial charge in [-0.15, -0.1) is 0 Å². The molecule has 1 unspecified atom stereocenters. The van der Waals surface area contributed by atoms with Crippen LogP contribution in [0.4, 0.5) is 0 Å². The third-order valence-electron chi connectivity index (χ3n) is 1.58. The van der Waals surface area contributed by atoms with Crippen LogP contribution in [0.15, 0.2) is 30.3 Å². The minimum Gasteiger partial charge on any atom is -0.491 e. The first kappa shape index (κ1) is 18.8. The van der Waals surface area contributed by atoms with E-state index in [0.29, 0.717) is 12.7 Å². The summed E-state index contributed by atoms with van der Waals surface area (Å²) in [5.74, 6) is 0.919. The van der Waals surface area contributed by atoms with Crippen molar-refractivity contribution in [2.45, 2.75) is 20.0 Å². The number of para-hydroxylation sites is 1. The monoisotopic (exact) mass is 612 g/mol. The first-order valence-electron chi connectivity index (χ1n) is 5.25. The van der Waals surface area contributed by atoms with Crippen molar-refractivity contribution in [1.29, 1.82) is 0 Å². The van der Waals surface area contributed by atoms with Crippen molar-refractivity contribution in [3.05, 3.63) is 30.3 Å². The summed E-state index contributed by atoms with van der Waals surface area (Å²) < 4.78 is 10.4. The van der Waals surface area contributed by atoms with Gasteiger partial charge in [0.2, 0.25) is 0 Å². The van der Waals surface area contributed by atoms with E-state index in [4.69, 9.17) is 9.47 Å². The first-order chi connectivity index (χ1) is 8.18. The van der Waals surface area contributed by atoms with Crippen LogP contribution in [0, 0.1) is 0 Å². The fourth-order valence-corrected chi connectivity index (χ4v) is 0.870. The van der Waals surface area contributed by atoms with Crippen molar-refractivity contribution in [3.63, 3.8) is 0 Å². The van der Waals surface area contributed by atoms with Crippen LogP contribution < -0.4 is 4.74 Å². The van der Waals surface area contributed by atoms with E-state index in [1.165, 1.54) is 0 Å². The van der Waals surface area contributed by atoms with Crippen LogP contribution in [0.5, 0.6) is 5.75 Å². The van der Waals surface area contributed by atoms with Gasteiger partial charge in [0.25, 0.3) is 0 Å². The molecule has 1 heterocycles. The van der Waals surface area contributed by atoms with E-state index >= 15 is 0 Å². The Bertz CT molecular complexity index is 266. The Kier molecular flexibility index (Phi) is 14.1. The first-order valence-corrected chi connectivity index (χ1v) is 18.8. The van der Waals surface area contributed by atoms with E-state index in [0.717, 1.165) is 12.4 Å². The molecule has 1 saturated heterocycles. The molecule has 1 aromatic rings. The summed E-state index contributed by atoms with van der Waals surface area (Å²) in [6.45, 7) is 5.54. The molecule has 1 fully saturated rings. The summed E-state index contributed by atoms with van der Waals surface area (Å²) in [6, 6.07) is 9.79. The molecule has 0 saturated carbocycles. The Hall–Kier alpha value is 1.75. The maximum Gasteiger partial charge on any atom is 0.119 e. The van der Waals surface area contributed by atoms with Crippen molar-refractivity contribution in [1.82, 2.24) is 0 Å². The molecule has 2 nitrogen and oxygen atoms in total. The summed E-state index contributed by atoms with van der Waals surface area (Å²) in [5, 5.41) is 0. The Morgan fingerprint density at radius 3 is 2.12 bits per heavy atom. The van der Waals surface area contributed by atoms with E-state index in [1.54, 1.807) is 0 Å². The van der Waals surface area contributed by atoms with Gasteiger partial charge < -0.3 is 9.47 Å². The topological polar surface area (TPSA) is 21.8 Å². The van der Waals surface area contributed by atoms with Gasteiger partial charge in [-0.3, -0.25) is 0 Å². The molecule has 1 aliphatic heterocycles. The van der Waals surface area contributed by atoms with E-state index < -0.39 is 0 Å². The van der Waals surface area contributed by atoms with Crippen LogP contribution in [0.3, 0.4) is 0 Å². The van der Waals surface area contributed by atoms with Gasteiger partial charge in [0.15, 0.2) is 0 Å². The molecule has 1 atom stereocenters. The smallest absolute Gasteiger partial charge is 0.119 e. The summed E-state index contributed by atoms with van der Waals surface area (Å²) in [7, 11) is 0. The van der Waals surface area contributed by atoms with E-state index in [2.05, 4.69) is 59.9 Å². The summed E-state index contributed by atoms with van der Waals surface area (Å²) >= 11 is 7.39. The number of rotatable bonds is 3. The van der Waals surface area contributed by atoms with Gasteiger partial charge in [-0.2, -0.15) is 0 Å². The normalized spacial score (nSPS) is 16.2. The number of ether oxygens (including phenoxy) is 2. The minimum atomic E-state index is -0.278. The predicted molar refractivity (Wildman–Crippen MR) is 95.1 cm³/mol. The molecule has 1 aliphatic rings. The molecular formula is C11H16I3O2V. The van der Waals surface area contributed by atoms with Crippen LogP contribution in [-0.2, 0) is 9.66 Å². The van der Waals surface area contributed by atoms with Crippen molar-refractivity contribution in [3.8, 4) is 5.75 Å². The van der Waals surface area contributed by atoms with Crippen LogP contribution in [-0.4, -0.2) is 19.3 Å². The molecule has 0 N–H and O–H groups in total. The van der Waals surface area contributed by atoms with Crippen molar-refractivity contribution in [2.75, 3.05) is 13.2 Å². The zero-order valence-electron chi connectivity index (χ0n) is 9.78. The van der Waals surface area contributed by atoms with Crippen molar-refractivity contribution < 1.29 is 14.4 Å². The quantitative estimate of drug-likeness (QED) is 0.349. The number of halogens is 3. The van der Waals surface area contributed by atoms with Gasteiger partial charge in [0.05, 0.1) is 6.61 Å². The van der Waals surface area contributed by atoms with E-state index in [1.807, 2.05) is 44.2 Å². The zero-order valence-corrected chi connectivity index (χ0v) is 17.6. The summed E-state index contributed by atoms with van der Waals surface area (Å²) in [6.07, 6.45) is 0.343. The Morgan fingerprint density at radius 2 is 1.71 bits per heavy atom. The second-order valence-electron chi connectivity index (χ2n) is 2.77. The van der Waals surface area contributed by atoms with Crippen molar-refractivity contribution in [2.24, 2.45) is 0 Å². The molecule has 0 spiro atoms. The zero-order chi connectivity index (χ0) is 13.1. The second kappa shape index (κ2) is 12.8. The van der Waals surface area contributed by atoms with Crippen LogP contribution in [0.1, 0.15) is 13.8 Å². The Morgan fingerprint density at radius 1 is 1.24 bits per heavy atom. The molecule has 1 aromatic carbocycles. The van der Waals surface area contributed by atoms with Gasteiger partial charge >= 0.3 is 64.9 Å². The van der Waals surface area contributed by atoms with E-state index in [-0.39, 0.29) is 4.92 Å². The maximum atomic E-state index is 5.40. The van der Waals surface area contributed by atoms with Gasteiger partial charge in [0.1, 0.15) is 18.5 Å². The predicted octanol–water partition coefficient (Wildman–Crippen LogP) is 5.15. The third-order valence-corrected chi connectivity index (χ3v) is 1.58. The third kappa shape index (κ3) is 14.0. The van der Waals surface area contributed by atoms with Gasteiger partial charge in [-0.1, -0.05) is 32.0 Å². The van der Waals surface area contributed by atoms with Crippen LogP contribution in [0.2, 0.25) is 0 Å². The molecule has 98 valence electrons. The number of epoxide rings is 1. The number of hydrogen-bond donors (Lipinski definition) is 0. The van der Waals surface area contributed by atoms with Gasteiger partial charge in [-0.25, -0.2) is 0 Å². The average Bonchev–Trinajstić information content (AvgIpc) is 3.14. The largest absolute Gasteiger partial charge is 0.491 e. The molecule has 0 aliphatic carbocycles. The Balaban J connectivity index is 0.000000368. The van der Waals surface area contributed by atoms with Crippen molar-refractivity contribution >= 4 is 59.9 Å². The van der Waals surface area contributed by atoms with Crippen LogP contribution >= 0.6 is 59.9 Å². The molecule has 0 radical (unpaired) electrons. The minimum absolute atomic E-state index is 0.278. The molecule has 0 amide bonds. The molecule has 2 rings (SSSR count). The maximum absolute atomic E-state index is 5.40. The molecule has 17 heavy (non-hydrogen) atoms. The fraction of sp³-hybridized carbons (Fsp3) is 0.455. The Labute approximate surface area is 141 Å². The molecule has 6 heteroatoms. The number of hydrogen-bond acceptors (Lipinski definition) is 2. The molecule has 0 aromatic heterocycles.